The summed E-state index contributed by atoms with van der Waals surface area (Å²) in [6.45, 7) is 8.76. The molecule has 1 N–H and O–H groups in total. The Kier molecular flexibility index (Phi) is 5.83. The van der Waals surface area contributed by atoms with Gasteiger partial charge in [0, 0.05) is 26.2 Å². The van der Waals surface area contributed by atoms with Crippen molar-refractivity contribution in [2.24, 2.45) is 0 Å². The summed E-state index contributed by atoms with van der Waals surface area (Å²) in [6, 6.07) is 8.39. The molecular formula is C16H26N2O2. The summed E-state index contributed by atoms with van der Waals surface area (Å²) in [5.74, 6) is 0.956. The normalized spacial score (nSPS) is 20.3. The number of hydrogen-bond acceptors (Lipinski definition) is 4. The van der Waals surface area contributed by atoms with Crippen LogP contribution in [0.3, 0.4) is 0 Å². The molecule has 1 aliphatic heterocycles. The van der Waals surface area contributed by atoms with Gasteiger partial charge in [0.2, 0.25) is 0 Å². The van der Waals surface area contributed by atoms with E-state index in [-0.39, 0.29) is 6.10 Å². The van der Waals surface area contributed by atoms with Crippen LogP contribution in [0.4, 0.5) is 0 Å². The Hall–Kier alpha value is -1.10. The number of rotatable bonds is 6. The number of nitrogens with one attached hydrogen (secondary N) is 1. The summed E-state index contributed by atoms with van der Waals surface area (Å²) in [6.07, 6.45) is 0.512. The maximum atomic E-state index is 5.75. The van der Waals surface area contributed by atoms with E-state index in [1.54, 1.807) is 0 Å². The van der Waals surface area contributed by atoms with Crippen LogP contribution in [-0.2, 0) is 11.3 Å². The smallest absolute Gasteiger partial charge is 0.120 e. The third-order valence-electron chi connectivity index (χ3n) is 3.33. The molecule has 20 heavy (non-hydrogen) atoms. The van der Waals surface area contributed by atoms with Crippen molar-refractivity contribution in [1.29, 1.82) is 0 Å². The van der Waals surface area contributed by atoms with Crippen LogP contribution in [0.1, 0.15) is 19.4 Å². The predicted octanol–water partition coefficient (Wildman–Crippen LogP) is 1.89. The Labute approximate surface area is 122 Å². The van der Waals surface area contributed by atoms with E-state index in [1.807, 2.05) is 13.1 Å². The molecule has 0 bridgehead atoms. The Morgan fingerprint density at radius 2 is 2.30 bits per heavy atom. The highest BCUT2D eigenvalue weighted by atomic mass is 16.5. The third-order valence-corrected chi connectivity index (χ3v) is 3.33. The van der Waals surface area contributed by atoms with Gasteiger partial charge in [-0.05, 0) is 38.6 Å². The molecule has 112 valence electrons. The van der Waals surface area contributed by atoms with Gasteiger partial charge in [-0.1, -0.05) is 12.1 Å². The summed E-state index contributed by atoms with van der Waals surface area (Å²) in [5, 5.41) is 3.18. The quantitative estimate of drug-likeness (QED) is 0.861. The van der Waals surface area contributed by atoms with E-state index in [9.17, 15) is 0 Å². The second-order valence-corrected chi connectivity index (χ2v) is 5.60. The Bertz CT molecular complexity index is 407. The fraction of sp³-hybridized carbons (Fsp3) is 0.625. The van der Waals surface area contributed by atoms with Gasteiger partial charge in [-0.2, -0.15) is 0 Å². The zero-order chi connectivity index (χ0) is 14.4. The zero-order valence-electron chi connectivity index (χ0n) is 12.8. The summed E-state index contributed by atoms with van der Waals surface area (Å²) in [4.78, 5) is 2.44. The maximum Gasteiger partial charge on any atom is 0.120 e. The summed E-state index contributed by atoms with van der Waals surface area (Å²) in [5.41, 5.74) is 1.30. The van der Waals surface area contributed by atoms with Crippen LogP contribution in [0, 0.1) is 0 Å². The van der Waals surface area contributed by atoms with Crippen molar-refractivity contribution in [3.63, 3.8) is 0 Å². The molecule has 0 radical (unpaired) electrons. The van der Waals surface area contributed by atoms with E-state index in [0.29, 0.717) is 6.10 Å². The molecular weight excluding hydrogens is 252 g/mol. The van der Waals surface area contributed by atoms with Gasteiger partial charge in [0.25, 0.3) is 0 Å². The number of ether oxygens (including phenoxy) is 2. The Balaban J connectivity index is 1.92. The Morgan fingerprint density at radius 1 is 1.45 bits per heavy atom. The summed E-state index contributed by atoms with van der Waals surface area (Å²) < 4.78 is 11.5. The summed E-state index contributed by atoms with van der Waals surface area (Å²) >= 11 is 0. The standard InChI is InChI=1S/C16H26N2O2/c1-13(2)20-15-6-4-5-14(9-15)11-18-7-8-19-16(12-18)10-17-3/h4-6,9,13,16-17H,7-8,10-12H2,1-3H3. The second kappa shape index (κ2) is 7.62. The molecule has 4 nitrogen and oxygen atoms in total. The molecule has 1 aromatic rings. The number of benzene rings is 1. The van der Waals surface area contributed by atoms with Crippen LogP contribution in [0.25, 0.3) is 0 Å². The van der Waals surface area contributed by atoms with Gasteiger partial charge in [0.05, 0.1) is 18.8 Å². The molecule has 1 saturated heterocycles. The molecule has 1 fully saturated rings. The van der Waals surface area contributed by atoms with Gasteiger partial charge in [0.1, 0.15) is 5.75 Å². The van der Waals surface area contributed by atoms with Crippen molar-refractivity contribution in [2.75, 3.05) is 33.3 Å². The van der Waals surface area contributed by atoms with Crippen molar-refractivity contribution in [3.05, 3.63) is 29.8 Å². The minimum atomic E-state index is 0.216. The van der Waals surface area contributed by atoms with Gasteiger partial charge in [0.15, 0.2) is 0 Å². The van der Waals surface area contributed by atoms with Crippen LogP contribution in [0.5, 0.6) is 5.75 Å². The highest BCUT2D eigenvalue weighted by molar-refractivity contribution is 5.28. The van der Waals surface area contributed by atoms with Crippen molar-refractivity contribution < 1.29 is 9.47 Å². The van der Waals surface area contributed by atoms with Gasteiger partial charge in [-0.15, -0.1) is 0 Å². The second-order valence-electron chi connectivity index (χ2n) is 5.60. The molecule has 0 saturated carbocycles. The van der Waals surface area contributed by atoms with E-state index < -0.39 is 0 Å². The fourth-order valence-corrected chi connectivity index (χ4v) is 2.52. The first kappa shape index (κ1) is 15.3. The highest BCUT2D eigenvalue weighted by Gasteiger charge is 2.19. The Morgan fingerprint density at radius 3 is 3.05 bits per heavy atom. The first-order chi connectivity index (χ1) is 9.67. The number of nitrogens with zero attached hydrogens (tertiary/aromatic N) is 1. The molecule has 2 rings (SSSR count). The number of likely N-dealkylation sites (N-methyl/N-ethyl adjacent to an activating group) is 1. The van der Waals surface area contributed by atoms with E-state index in [4.69, 9.17) is 9.47 Å². The van der Waals surface area contributed by atoms with Gasteiger partial charge >= 0.3 is 0 Å². The van der Waals surface area contributed by atoms with Crippen molar-refractivity contribution >= 4 is 0 Å². The monoisotopic (exact) mass is 278 g/mol. The van der Waals surface area contributed by atoms with E-state index in [0.717, 1.165) is 38.5 Å². The lowest BCUT2D eigenvalue weighted by Gasteiger charge is -2.32. The molecule has 0 spiro atoms. The molecule has 0 amide bonds. The van der Waals surface area contributed by atoms with Gasteiger partial charge < -0.3 is 14.8 Å². The van der Waals surface area contributed by atoms with Crippen molar-refractivity contribution in [2.45, 2.75) is 32.6 Å². The number of morpholine rings is 1. The molecule has 4 heteroatoms. The predicted molar refractivity (Wildman–Crippen MR) is 81.1 cm³/mol. The average Bonchev–Trinajstić information content (AvgIpc) is 2.39. The summed E-state index contributed by atoms with van der Waals surface area (Å²) in [7, 11) is 1.97. The van der Waals surface area contributed by atoms with E-state index >= 15 is 0 Å². The largest absolute Gasteiger partial charge is 0.491 e. The van der Waals surface area contributed by atoms with Crippen LogP contribution in [0.2, 0.25) is 0 Å². The van der Waals surface area contributed by atoms with Gasteiger partial charge in [-0.25, -0.2) is 0 Å². The lowest BCUT2D eigenvalue weighted by Crippen LogP contribution is -2.45. The minimum Gasteiger partial charge on any atom is -0.491 e. The van der Waals surface area contributed by atoms with Crippen molar-refractivity contribution in [1.82, 2.24) is 10.2 Å². The lowest BCUT2D eigenvalue weighted by atomic mass is 10.1. The average molecular weight is 278 g/mol. The highest BCUT2D eigenvalue weighted by Crippen LogP contribution is 2.17. The van der Waals surface area contributed by atoms with Crippen molar-refractivity contribution in [3.8, 4) is 5.75 Å². The topological polar surface area (TPSA) is 33.7 Å². The fourth-order valence-electron chi connectivity index (χ4n) is 2.52. The van der Waals surface area contributed by atoms with Crippen LogP contribution >= 0.6 is 0 Å². The molecule has 1 unspecified atom stereocenters. The lowest BCUT2D eigenvalue weighted by molar-refractivity contribution is -0.0291. The van der Waals surface area contributed by atoms with Crippen LogP contribution < -0.4 is 10.1 Å². The van der Waals surface area contributed by atoms with Crippen LogP contribution in [-0.4, -0.2) is 50.4 Å². The van der Waals surface area contributed by atoms with Gasteiger partial charge in [-0.3, -0.25) is 4.90 Å². The zero-order valence-corrected chi connectivity index (χ0v) is 12.8. The molecule has 1 aliphatic rings. The third kappa shape index (κ3) is 4.78. The van der Waals surface area contributed by atoms with Crippen LogP contribution in [0.15, 0.2) is 24.3 Å². The maximum absolute atomic E-state index is 5.75. The molecule has 0 aliphatic carbocycles. The molecule has 0 aromatic heterocycles. The number of hydrogen-bond donors (Lipinski definition) is 1. The first-order valence-corrected chi connectivity index (χ1v) is 7.41. The minimum absolute atomic E-state index is 0.216. The SMILES string of the molecule is CNCC1CN(Cc2cccc(OC(C)C)c2)CCO1. The first-order valence-electron chi connectivity index (χ1n) is 7.41. The van der Waals surface area contributed by atoms with E-state index in [1.165, 1.54) is 5.56 Å². The molecule has 1 aromatic carbocycles. The van der Waals surface area contributed by atoms with E-state index in [2.05, 4.69) is 42.3 Å². The molecule has 1 atom stereocenters. The molecule has 1 heterocycles.